The van der Waals surface area contributed by atoms with E-state index in [1.165, 1.54) is 0 Å². The second kappa shape index (κ2) is 12.3. The lowest BCUT2D eigenvalue weighted by atomic mass is 9.94. The molecular formula is C32H39N5O5. The van der Waals surface area contributed by atoms with Crippen LogP contribution in [0.25, 0.3) is 10.9 Å². The first-order chi connectivity index (χ1) is 20.2. The summed E-state index contributed by atoms with van der Waals surface area (Å²) >= 11 is 0. The number of nitrogens with two attached hydrogens (primary N) is 1. The molecule has 2 aliphatic heterocycles. The van der Waals surface area contributed by atoms with Gasteiger partial charge in [0.1, 0.15) is 24.2 Å². The van der Waals surface area contributed by atoms with Crippen molar-refractivity contribution in [1.29, 1.82) is 0 Å². The zero-order chi connectivity index (χ0) is 29.9. The minimum Gasteiger partial charge on any atom is -0.445 e. The van der Waals surface area contributed by atoms with Gasteiger partial charge in [-0.2, -0.15) is 0 Å². The Morgan fingerprint density at radius 3 is 2.52 bits per heavy atom. The Morgan fingerprint density at radius 1 is 1.05 bits per heavy atom. The number of aromatic amines is 1. The van der Waals surface area contributed by atoms with Crippen LogP contribution >= 0.6 is 0 Å². The van der Waals surface area contributed by atoms with Crippen molar-refractivity contribution < 1.29 is 23.9 Å². The van der Waals surface area contributed by atoms with Gasteiger partial charge in [-0.1, -0.05) is 62.4 Å². The number of amides is 4. The van der Waals surface area contributed by atoms with Gasteiger partial charge in [0.05, 0.1) is 0 Å². The normalized spacial score (nSPS) is 19.9. The highest BCUT2D eigenvalue weighted by Crippen LogP contribution is 2.40. The van der Waals surface area contributed by atoms with Crippen molar-refractivity contribution in [2.24, 2.45) is 11.7 Å². The minimum absolute atomic E-state index is 0.0984. The van der Waals surface area contributed by atoms with Crippen LogP contribution in [0, 0.1) is 5.92 Å². The van der Waals surface area contributed by atoms with E-state index in [1.54, 1.807) is 9.80 Å². The molecule has 0 unspecified atom stereocenters. The van der Waals surface area contributed by atoms with Crippen molar-refractivity contribution in [3.63, 3.8) is 0 Å². The number of aromatic nitrogens is 1. The summed E-state index contributed by atoms with van der Waals surface area (Å²) in [4.78, 5) is 59.8. The predicted octanol–water partition coefficient (Wildman–Crippen LogP) is 3.50. The molecule has 2 aliphatic rings. The van der Waals surface area contributed by atoms with Gasteiger partial charge >= 0.3 is 6.09 Å². The molecule has 3 atom stereocenters. The van der Waals surface area contributed by atoms with Crippen LogP contribution in [0.2, 0.25) is 0 Å². The standard InChI is InChI=1S/C32H39N5O5/c1-21(2)17-27(29(39)35-26(28(33)38)18-23-19-34-25-12-7-6-11-24(23)25)36-16-14-32(30(36)40)13-8-15-37(32)31(41)42-20-22-9-4-3-5-10-22/h3-7,9-12,19,21,26-27,34H,8,13-18,20H2,1-2H3,(H2,33,38)(H,35,39)/t26-,27-,32+/m0/s1. The molecule has 10 nitrogen and oxygen atoms in total. The molecule has 2 fully saturated rings. The van der Waals surface area contributed by atoms with Crippen molar-refractivity contribution in [3.8, 4) is 0 Å². The average Bonchev–Trinajstić information content (AvgIpc) is 3.68. The number of fused-ring (bicyclic) bond motifs is 1. The fraction of sp³-hybridized carbons (Fsp3) is 0.438. The number of nitrogens with one attached hydrogen (secondary N) is 2. The van der Waals surface area contributed by atoms with E-state index in [0.717, 1.165) is 22.0 Å². The van der Waals surface area contributed by atoms with Gasteiger partial charge in [-0.25, -0.2) is 4.79 Å². The van der Waals surface area contributed by atoms with E-state index < -0.39 is 35.5 Å². The fourth-order valence-corrected chi connectivity index (χ4v) is 6.34. The molecule has 10 heteroatoms. The number of hydrogen-bond acceptors (Lipinski definition) is 5. The molecule has 2 aromatic carbocycles. The molecule has 222 valence electrons. The third-order valence-corrected chi connectivity index (χ3v) is 8.47. The van der Waals surface area contributed by atoms with Gasteiger partial charge in [0.15, 0.2) is 0 Å². The summed E-state index contributed by atoms with van der Waals surface area (Å²) in [6, 6.07) is 15.4. The zero-order valence-electron chi connectivity index (χ0n) is 24.2. The van der Waals surface area contributed by atoms with E-state index in [0.29, 0.717) is 38.8 Å². The van der Waals surface area contributed by atoms with Crippen LogP contribution in [-0.4, -0.2) is 69.3 Å². The molecular weight excluding hydrogens is 534 g/mol. The number of carbonyl (C=O) groups excluding carboxylic acids is 4. The maximum Gasteiger partial charge on any atom is 0.411 e. The highest BCUT2D eigenvalue weighted by molar-refractivity contribution is 5.97. The van der Waals surface area contributed by atoms with Crippen LogP contribution in [0.3, 0.4) is 0 Å². The number of H-pyrrole nitrogens is 1. The molecule has 3 aromatic rings. The summed E-state index contributed by atoms with van der Waals surface area (Å²) in [6.07, 6.45) is 3.53. The average molecular weight is 574 g/mol. The van der Waals surface area contributed by atoms with E-state index in [2.05, 4.69) is 10.3 Å². The van der Waals surface area contributed by atoms with Crippen LogP contribution in [0.5, 0.6) is 0 Å². The maximum absolute atomic E-state index is 14.1. The smallest absolute Gasteiger partial charge is 0.411 e. The number of benzene rings is 2. The summed E-state index contributed by atoms with van der Waals surface area (Å²) in [5, 5.41) is 3.80. The summed E-state index contributed by atoms with van der Waals surface area (Å²) in [5.41, 5.74) is 7.36. The van der Waals surface area contributed by atoms with Crippen LogP contribution in [0.15, 0.2) is 60.8 Å². The molecule has 1 aromatic heterocycles. The first kappa shape index (κ1) is 29.2. The first-order valence-corrected chi connectivity index (χ1v) is 14.6. The molecule has 0 saturated carbocycles. The molecule has 4 N–H and O–H groups in total. The maximum atomic E-state index is 14.1. The molecule has 5 rings (SSSR count). The number of ether oxygens (including phenoxy) is 1. The lowest BCUT2D eigenvalue weighted by Crippen LogP contribution is -2.58. The Labute approximate surface area is 245 Å². The quantitative estimate of drug-likeness (QED) is 0.341. The van der Waals surface area contributed by atoms with Crippen molar-refractivity contribution >= 4 is 34.7 Å². The molecule has 3 heterocycles. The van der Waals surface area contributed by atoms with Gasteiger partial charge in [0.25, 0.3) is 0 Å². The predicted molar refractivity (Wildman–Crippen MR) is 158 cm³/mol. The first-order valence-electron chi connectivity index (χ1n) is 14.6. The van der Waals surface area contributed by atoms with Gasteiger partial charge in [-0.05, 0) is 48.8 Å². The monoisotopic (exact) mass is 573 g/mol. The number of hydrogen-bond donors (Lipinski definition) is 3. The second-order valence-electron chi connectivity index (χ2n) is 11.7. The molecule has 4 amide bonds. The topological polar surface area (TPSA) is 138 Å². The molecule has 0 bridgehead atoms. The van der Waals surface area contributed by atoms with Gasteiger partial charge in [-0.15, -0.1) is 0 Å². The van der Waals surface area contributed by atoms with Gasteiger partial charge in [0.2, 0.25) is 17.7 Å². The van der Waals surface area contributed by atoms with E-state index in [1.807, 2.05) is 74.6 Å². The minimum atomic E-state index is -1.03. The summed E-state index contributed by atoms with van der Waals surface area (Å²) in [5.74, 6) is -1.22. The van der Waals surface area contributed by atoms with Crippen molar-refractivity contribution in [3.05, 3.63) is 71.9 Å². The molecule has 42 heavy (non-hydrogen) atoms. The summed E-state index contributed by atoms with van der Waals surface area (Å²) < 4.78 is 5.60. The molecule has 0 radical (unpaired) electrons. The summed E-state index contributed by atoms with van der Waals surface area (Å²) in [7, 11) is 0. The number of rotatable bonds is 10. The Hall–Kier alpha value is -4.34. The lowest BCUT2D eigenvalue weighted by molar-refractivity contribution is -0.144. The van der Waals surface area contributed by atoms with E-state index in [9.17, 15) is 19.2 Å². The highest BCUT2D eigenvalue weighted by atomic mass is 16.6. The molecule has 1 spiro atoms. The largest absolute Gasteiger partial charge is 0.445 e. The Kier molecular flexibility index (Phi) is 8.51. The van der Waals surface area contributed by atoms with Crippen molar-refractivity contribution in [2.75, 3.05) is 13.1 Å². The van der Waals surface area contributed by atoms with Crippen molar-refractivity contribution in [2.45, 2.75) is 70.2 Å². The third kappa shape index (κ3) is 5.84. The lowest BCUT2D eigenvalue weighted by Gasteiger charge is -2.35. The van der Waals surface area contributed by atoms with Crippen LogP contribution in [0.4, 0.5) is 4.79 Å². The number of likely N-dealkylation sites (tertiary alicyclic amines) is 2. The van der Waals surface area contributed by atoms with Crippen LogP contribution < -0.4 is 11.1 Å². The SMILES string of the molecule is CC(C)C[C@@H](C(=O)N[C@@H](Cc1c[nH]c2ccccc12)C(N)=O)N1CC[C@]2(CCCN2C(=O)OCc2ccccc2)C1=O. The molecule has 0 aliphatic carbocycles. The zero-order valence-corrected chi connectivity index (χ0v) is 24.2. The van der Waals surface area contributed by atoms with Crippen LogP contribution in [-0.2, 0) is 32.1 Å². The Balaban J connectivity index is 1.31. The van der Waals surface area contributed by atoms with E-state index in [4.69, 9.17) is 10.5 Å². The van der Waals surface area contributed by atoms with Gasteiger partial charge < -0.3 is 25.7 Å². The fourth-order valence-electron chi connectivity index (χ4n) is 6.34. The third-order valence-electron chi connectivity index (χ3n) is 8.47. The number of primary amides is 1. The van der Waals surface area contributed by atoms with Crippen LogP contribution in [0.1, 0.15) is 50.7 Å². The van der Waals surface area contributed by atoms with Crippen molar-refractivity contribution in [1.82, 2.24) is 20.1 Å². The number of para-hydroxylation sites is 1. The van der Waals surface area contributed by atoms with E-state index in [-0.39, 0.29) is 24.9 Å². The Bertz CT molecular complexity index is 1450. The highest BCUT2D eigenvalue weighted by Gasteiger charge is 2.57. The second-order valence-corrected chi connectivity index (χ2v) is 11.7. The number of nitrogens with zero attached hydrogens (tertiary/aromatic N) is 2. The van der Waals surface area contributed by atoms with Gasteiger partial charge in [-0.3, -0.25) is 19.3 Å². The summed E-state index contributed by atoms with van der Waals surface area (Å²) in [6.45, 7) is 4.83. The van der Waals surface area contributed by atoms with E-state index >= 15 is 0 Å². The number of carbonyl (C=O) groups is 4. The molecule has 2 saturated heterocycles. The van der Waals surface area contributed by atoms with Gasteiger partial charge in [0, 0.05) is 36.6 Å². The Morgan fingerprint density at radius 2 is 1.79 bits per heavy atom.